The molecule has 3 aromatic heterocycles. The van der Waals surface area contributed by atoms with Crippen molar-refractivity contribution >= 4 is 52.9 Å². The normalized spacial score (nSPS) is 16.3. The highest BCUT2D eigenvalue weighted by Crippen LogP contribution is 2.26. The molecule has 18 heteroatoms. The van der Waals surface area contributed by atoms with Gasteiger partial charge in [0, 0.05) is 17.3 Å². The second-order valence-electron chi connectivity index (χ2n) is 10.8. The second kappa shape index (κ2) is 15.4. The van der Waals surface area contributed by atoms with Crippen LogP contribution in [0.3, 0.4) is 0 Å². The lowest BCUT2D eigenvalue weighted by Crippen LogP contribution is -2.40. The minimum absolute atomic E-state index is 0.0220. The minimum Gasteiger partial charge on any atom is -0.379 e. The Morgan fingerprint density at radius 1 is 0.840 bits per heavy atom. The maximum absolute atomic E-state index is 14.7. The molecule has 0 amide bonds. The van der Waals surface area contributed by atoms with Crippen LogP contribution < -0.4 is 10.9 Å². The highest BCUT2D eigenvalue weighted by atomic mass is 79.9. The van der Waals surface area contributed by atoms with Crippen LogP contribution in [0, 0.1) is 11.6 Å². The van der Waals surface area contributed by atoms with Crippen molar-refractivity contribution in [2.75, 3.05) is 25.1 Å². The van der Waals surface area contributed by atoms with Gasteiger partial charge in [-0.15, -0.1) is 0 Å². The number of aromatic nitrogens is 4. The molecule has 1 atom stereocenters. The SMILES string of the molecule is O=S(=O)(c1ccc(F)cc1)c1ccc(Br)cn1.O=c1c(Cl)c(NCC2(F)CCCOC2)cnn1-c1ccc(S(=O)(=O)c2ccc(F)cc2)nc1. The molecule has 2 aromatic carbocycles. The predicted octanol–water partition coefficient (Wildman–Crippen LogP) is 6.00. The molecule has 5 aromatic rings. The van der Waals surface area contributed by atoms with E-state index in [-0.39, 0.29) is 49.4 Å². The van der Waals surface area contributed by atoms with Crippen LogP contribution in [0.4, 0.5) is 18.9 Å². The number of anilines is 1. The van der Waals surface area contributed by atoms with Gasteiger partial charge >= 0.3 is 0 Å². The van der Waals surface area contributed by atoms with Crippen molar-refractivity contribution in [3.63, 3.8) is 0 Å². The van der Waals surface area contributed by atoms with E-state index in [1.165, 1.54) is 42.7 Å². The molecule has 0 aliphatic carbocycles. The largest absolute Gasteiger partial charge is 0.379 e. The summed E-state index contributed by atoms with van der Waals surface area (Å²) in [6, 6.07) is 14.5. The van der Waals surface area contributed by atoms with E-state index < -0.39 is 42.5 Å². The molecule has 1 fully saturated rings. The van der Waals surface area contributed by atoms with E-state index in [1.807, 2.05) is 0 Å². The van der Waals surface area contributed by atoms with E-state index in [9.17, 15) is 34.8 Å². The summed E-state index contributed by atoms with van der Waals surface area (Å²) in [6.07, 6.45) is 4.77. The van der Waals surface area contributed by atoms with Gasteiger partial charge in [-0.25, -0.2) is 40.0 Å². The van der Waals surface area contributed by atoms with Gasteiger partial charge in [0.15, 0.2) is 15.7 Å². The van der Waals surface area contributed by atoms with Gasteiger partial charge in [-0.05, 0) is 102 Å². The van der Waals surface area contributed by atoms with Gasteiger partial charge in [0.25, 0.3) is 5.56 Å². The minimum atomic E-state index is -3.97. The Labute approximate surface area is 298 Å². The summed E-state index contributed by atoms with van der Waals surface area (Å²) >= 11 is 9.34. The van der Waals surface area contributed by atoms with Gasteiger partial charge in [-0.2, -0.15) is 9.78 Å². The number of ether oxygens (including phenoxy) is 1. The highest BCUT2D eigenvalue weighted by Gasteiger charge is 2.33. The molecule has 0 saturated carbocycles. The Bertz CT molecular complexity index is 2190. The fraction of sp³-hybridized carbons (Fsp3) is 0.188. The van der Waals surface area contributed by atoms with Crippen LogP contribution in [0.5, 0.6) is 0 Å². The smallest absolute Gasteiger partial charge is 0.292 e. The maximum atomic E-state index is 14.7. The average Bonchev–Trinajstić information content (AvgIpc) is 3.10. The average molecular weight is 813 g/mol. The molecule has 4 heterocycles. The first-order valence-electron chi connectivity index (χ1n) is 14.6. The van der Waals surface area contributed by atoms with Gasteiger partial charge in [0.1, 0.15) is 16.7 Å². The van der Waals surface area contributed by atoms with Crippen molar-refractivity contribution in [2.24, 2.45) is 0 Å². The molecule has 1 N–H and O–H groups in total. The van der Waals surface area contributed by atoms with E-state index in [2.05, 4.69) is 36.3 Å². The van der Waals surface area contributed by atoms with Crippen molar-refractivity contribution in [3.05, 3.63) is 123 Å². The molecule has 1 unspecified atom stereocenters. The second-order valence-corrected chi connectivity index (χ2v) is 15.9. The number of hydrogen-bond donors (Lipinski definition) is 1. The first kappa shape index (κ1) is 37.1. The van der Waals surface area contributed by atoms with Crippen molar-refractivity contribution in [1.29, 1.82) is 0 Å². The molecule has 262 valence electrons. The van der Waals surface area contributed by atoms with Crippen molar-refractivity contribution in [3.8, 4) is 5.69 Å². The van der Waals surface area contributed by atoms with Gasteiger partial charge in [0.05, 0.1) is 46.7 Å². The highest BCUT2D eigenvalue weighted by molar-refractivity contribution is 9.10. The number of nitrogens with zero attached hydrogens (tertiary/aromatic N) is 4. The van der Waals surface area contributed by atoms with Crippen LogP contribution in [0.25, 0.3) is 5.69 Å². The Balaban J connectivity index is 0.000000240. The molecule has 50 heavy (non-hydrogen) atoms. The van der Waals surface area contributed by atoms with Gasteiger partial charge < -0.3 is 10.1 Å². The summed E-state index contributed by atoms with van der Waals surface area (Å²) in [5.41, 5.74) is -1.91. The van der Waals surface area contributed by atoms with Crippen molar-refractivity contribution in [1.82, 2.24) is 19.7 Å². The monoisotopic (exact) mass is 811 g/mol. The summed E-state index contributed by atoms with van der Waals surface area (Å²) in [4.78, 5) is 20.3. The number of rotatable bonds is 8. The third-order valence-electron chi connectivity index (χ3n) is 7.25. The molecule has 1 aliphatic rings. The molecule has 1 saturated heterocycles. The molecule has 6 rings (SSSR count). The fourth-order valence-electron chi connectivity index (χ4n) is 4.60. The van der Waals surface area contributed by atoms with E-state index in [4.69, 9.17) is 16.3 Å². The Morgan fingerprint density at radius 3 is 1.88 bits per heavy atom. The summed E-state index contributed by atoms with van der Waals surface area (Å²) in [6.45, 7) is 0.387. The maximum Gasteiger partial charge on any atom is 0.292 e. The molecular formula is C32H26BrClF3N5O6S2. The number of pyridine rings is 2. The van der Waals surface area contributed by atoms with Gasteiger partial charge in [0.2, 0.25) is 19.7 Å². The number of halogens is 5. The van der Waals surface area contributed by atoms with Crippen LogP contribution in [0.15, 0.2) is 120 Å². The number of nitrogens with one attached hydrogen (secondary N) is 1. The molecule has 1 aliphatic heterocycles. The van der Waals surface area contributed by atoms with Crippen LogP contribution in [0.2, 0.25) is 5.02 Å². The number of hydrogen-bond acceptors (Lipinski definition) is 10. The lowest BCUT2D eigenvalue weighted by Gasteiger charge is -2.29. The molecule has 11 nitrogen and oxygen atoms in total. The van der Waals surface area contributed by atoms with Crippen LogP contribution in [0.1, 0.15) is 12.8 Å². The lowest BCUT2D eigenvalue weighted by atomic mass is 9.99. The van der Waals surface area contributed by atoms with Crippen LogP contribution >= 0.6 is 27.5 Å². The van der Waals surface area contributed by atoms with E-state index in [0.29, 0.717) is 23.9 Å². The Morgan fingerprint density at radius 2 is 1.40 bits per heavy atom. The third-order valence-corrected chi connectivity index (χ3v) is 11.5. The number of alkyl halides is 1. The molecule has 0 radical (unpaired) electrons. The number of sulfone groups is 2. The predicted molar refractivity (Wildman–Crippen MR) is 181 cm³/mol. The first-order chi connectivity index (χ1) is 23.7. The molecule has 0 spiro atoms. The summed E-state index contributed by atoms with van der Waals surface area (Å²) < 4.78 is 96.7. The first-order valence-corrected chi connectivity index (χ1v) is 18.7. The van der Waals surface area contributed by atoms with Crippen LogP contribution in [-0.4, -0.2) is 62.0 Å². The zero-order valence-corrected chi connectivity index (χ0v) is 29.6. The topological polar surface area (TPSA) is 150 Å². The Hall–Kier alpha value is -4.16. The summed E-state index contributed by atoms with van der Waals surface area (Å²) in [7, 11) is -7.64. The zero-order valence-electron chi connectivity index (χ0n) is 25.6. The van der Waals surface area contributed by atoms with E-state index in [1.54, 1.807) is 6.07 Å². The van der Waals surface area contributed by atoms with Crippen LogP contribution in [-0.2, 0) is 24.4 Å². The summed E-state index contributed by atoms with van der Waals surface area (Å²) in [5, 5.41) is 6.29. The standard InChI is InChI=1S/C21H19ClF2N4O4S.C11H7BrFNO2S/c22-19-17(26-12-21(24)8-1-9-32-13-21)11-27-28(20(19)29)15-4-7-18(25-10-15)33(30,31)16-5-2-14(23)3-6-16;12-8-1-6-11(14-7-8)17(15,16)10-4-2-9(13)3-5-10/h2-7,10-11,26H,1,8-9,12-13H2;1-7H. The van der Waals surface area contributed by atoms with E-state index in [0.717, 1.165) is 47.3 Å². The van der Waals surface area contributed by atoms with Gasteiger partial charge in [-0.3, -0.25) is 4.79 Å². The summed E-state index contributed by atoms with van der Waals surface area (Å²) in [5.74, 6) is -1.04. The quantitative estimate of drug-likeness (QED) is 0.185. The lowest BCUT2D eigenvalue weighted by molar-refractivity contribution is -0.0234. The molecular weight excluding hydrogens is 787 g/mol. The van der Waals surface area contributed by atoms with Crippen molar-refractivity contribution in [2.45, 2.75) is 38.4 Å². The van der Waals surface area contributed by atoms with Crippen molar-refractivity contribution < 1.29 is 34.7 Å². The van der Waals surface area contributed by atoms with E-state index >= 15 is 0 Å². The zero-order chi connectivity index (χ0) is 36.1. The fourth-order valence-corrected chi connectivity index (χ4v) is 7.38. The van der Waals surface area contributed by atoms with Gasteiger partial charge in [-0.1, -0.05) is 11.6 Å². The number of benzene rings is 2. The Kier molecular flexibility index (Phi) is 11.4. The third kappa shape index (κ3) is 8.58. The molecule has 0 bridgehead atoms.